The van der Waals surface area contributed by atoms with Crippen LogP contribution in [-0.4, -0.2) is 12.5 Å². The second-order valence-electron chi connectivity index (χ2n) is 2.59. The number of rotatable bonds is 4. The van der Waals surface area contributed by atoms with Gasteiger partial charge in [-0.1, -0.05) is 26.0 Å². The molecular formula is C11H16FNO2. The quantitative estimate of drug-likeness (QED) is 0.829. The summed E-state index contributed by atoms with van der Waals surface area (Å²) in [5, 5.41) is 0. The van der Waals surface area contributed by atoms with Crippen molar-refractivity contribution in [1.29, 1.82) is 0 Å². The van der Waals surface area contributed by atoms with Gasteiger partial charge in [0.2, 0.25) is 5.91 Å². The first-order chi connectivity index (χ1) is 7.18. The van der Waals surface area contributed by atoms with Crippen LogP contribution in [0.15, 0.2) is 24.3 Å². The summed E-state index contributed by atoms with van der Waals surface area (Å²) >= 11 is 0. The summed E-state index contributed by atoms with van der Waals surface area (Å²) in [6.45, 7) is 4.15. The number of hydrogen-bond donors (Lipinski definition) is 1. The van der Waals surface area contributed by atoms with Gasteiger partial charge in [0.15, 0.2) is 0 Å². The van der Waals surface area contributed by atoms with E-state index < -0.39 is 5.91 Å². The average Bonchev–Trinajstić information content (AvgIpc) is 2.23. The van der Waals surface area contributed by atoms with Crippen molar-refractivity contribution >= 4 is 5.91 Å². The van der Waals surface area contributed by atoms with Crippen molar-refractivity contribution in [3.05, 3.63) is 35.6 Å². The zero-order chi connectivity index (χ0) is 11.7. The van der Waals surface area contributed by atoms with Gasteiger partial charge in [-0.15, -0.1) is 0 Å². The summed E-state index contributed by atoms with van der Waals surface area (Å²) in [5.74, 6) is -0.805. The maximum atomic E-state index is 12.4. The minimum atomic E-state index is -0.512. The smallest absolute Gasteiger partial charge is 0.243 e. The van der Waals surface area contributed by atoms with Gasteiger partial charge in [0.1, 0.15) is 12.4 Å². The standard InChI is InChI=1S/C9H10FNO2.C2H6/c10-8-3-1-7(2-4-8)5-13-6-9(11)12;1-2/h1-4H,5-6H2,(H2,11,12);1-2H3. The molecule has 1 rings (SSSR count). The minimum absolute atomic E-state index is 0.114. The Morgan fingerprint density at radius 1 is 1.33 bits per heavy atom. The van der Waals surface area contributed by atoms with E-state index in [0.717, 1.165) is 5.56 Å². The third kappa shape index (κ3) is 6.62. The van der Waals surface area contributed by atoms with Gasteiger partial charge in [-0.05, 0) is 17.7 Å². The number of nitrogens with two attached hydrogens (primary N) is 1. The molecule has 0 aliphatic rings. The lowest BCUT2D eigenvalue weighted by Gasteiger charge is -2.01. The molecule has 0 saturated carbocycles. The number of benzene rings is 1. The first-order valence-corrected chi connectivity index (χ1v) is 4.79. The SMILES string of the molecule is CC.NC(=O)COCc1ccc(F)cc1. The Hall–Kier alpha value is -1.42. The maximum absolute atomic E-state index is 12.4. The number of primary amides is 1. The average molecular weight is 213 g/mol. The number of carbonyl (C=O) groups is 1. The Labute approximate surface area is 89.0 Å². The van der Waals surface area contributed by atoms with E-state index in [0.29, 0.717) is 0 Å². The van der Waals surface area contributed by atoms with Crippen LogP contribution in [0.5, 0.6) is 0 Å². The Morgan fingerprint density at radius 2 is 1.87 bits per heavy atom. The molecule has 0 saturated heterocycles. The topological polar surface area (TPSA) is 52.3 Å². The third-order valence-corrected chi connectivity index (χ3v) is 1.43. The van der Waals surface area contributed by atoms with Crippen molar-refractivity contribution in [3.8, 4) is 0 Å². The molecule has 84 valence electrons. The van der Waals surface area contributed by atoms with Gasteiger partial charge in [-0.2, -0.15) is 0 Å². The monoisotopic (exact) mass is 213 g/mol. The van der Waals surface area contributed by atoms with Gasteiger partial charge in [-0.25, -0.2) is 4.39 Å². The van der Waals surface area contributed by atoms with Gasteiger partial charge in [0.05, 0.1) is 6.61 Å². The fraction of sp³-hybridized carbons (Fsp3) is 0.364. The van der Waals surface area contributed by atoms with Crippen molar-refractivity contribution in [1.82, 2.24) is 0 Å². The Bertz CT molecular complexity index is 285. The summed E-state index contributed by atoms with van der Waals surface area (Å²) in [6.07, 6.45) is 0. The number of hydrogen-bond acceptors (Lipinski definition) is 2. The molecule has 0 unspecified atom stereocenters. The molecule has 1 aromatic carbocycles. The number of ether oxygens (including phenoxy) is 1. The van der Waals surface area contributed by atoms with Gasteiger partial charge in [0.25, 0.3) is 0 Å². The molecule has 15 heavy (non-hydrogen) atoms. The molecule has 0 radical (unpaired) electrons. The minimum Gasteiger partial charge on any atom is -0.368 e. The zero-order valence-corrected chi connectivity index (χ0v) is 9.00. The predicted molar refractivity (Wildman–Crippen MR) is 56.6 cm³/mol. The highest BCUT2D eigenvalue weighted by molar-refractivity contribution is 5.74. The second-order valence-corrected chi connectivity index (χ2v) is 2.59. The molecule has 1 aromatic rings. The van der Waals surface area contributed by atoms with Crippen LogP contribution in [0.2, 0.25) is 0 Å². The normalized spacial score (nSPS) is 9.00. The van der Waals surface area contributed by atoms with Crippen molar-refractivity contribution in [3.63, 3.8) is 0 Å². The van der Waals surface area contributed by atoms with Crippen LogP contribution in [0.4, 0.5) is 4.39 Å². The molecule has 0 aliphatic heterocycles. The summed E-state index contributed by atoms with van der Waals surface area (Å²) in [7, 11) is 0. The van der Waals surface area contributed by atoms with Crippen LogP contribution in [0.1, 0.15) is 19.4 Å². The van der Waals surface area contributed by atoms with Crippen LogP contribution in [0, 0.1) is 5.82 Å². The molecular weight excluding hydrogens is 197 g/mol. The highest BCUT2D eigenvalue weighted by Gasteiger charge is 1.96. The second kappa shape index (κ2) is 7.94. The molecule has 0 aromatic heterocycles. The van der Waals surface area contributed by atoms with Crippen LogP contribution in [0.25, 0.3) is 0 Å². The first-order valence-electron chi connectivity index (χ1n) is 4.79. The molecule has 1 amide bonds. The molecule has 0 heterocycles. The predicted octanol–water partition coefficient (Wildman–Crippen LogP) is 1.85. The Kier molecular flexibility index (Phi) is 7.18. The highest BCUT2D eigenvalue weighted by atomic mass is 19.1. The van der Waals surface area contributed by atoms with E-state index in [1.807, 2.05) is 13.8 Å². The lowest BCUT2D eigenvalue weighted by molar-refractivity contribution is -0.122. The van der Waals surface area contributed by atoms with Crippen molar-refractivity contribution in [2.45, 2.75) is 20.5 Å². The molecule has 0 fully saturated rings. The summed E-state index contributed by atoms with van der Waals surface area (Å²) < 4.78 is 17.3. The Balaban J connectivity index is 0.000000921. The van der Waals surface area contributed by atoms with E-state index in [-0.39, 0.29) is 19.0 Å². The lowest BCUT2D eigenvalue weighted by Crippen LogP contribution is -2.17. The highest BCUT2D eigenvalue weighted by Crippen LogP contribution is 2.03. The Morgan fingerprint density at radius 3 is 2.33 bits per heavy atom. The largest absolute Gasteiger partial charge is 0.368 e. The van der Waals surface area contributed by atoms with E-state index in [1.54, 1.807) is 12.1 Å². The van der Waals surface area contributed by atoms with Crippen LogP contribution in [-0.2, 0) is 16.1 Å². The van der Waals surface area contributed by atoms with E-state index in [1.165, 1.54) is 12.1 Å². The van der Waals surface area contributed by atoms with E-state index in [4.69, 9.17) is 10.5 Å². The zero-order valence-electron chi connectivity index (χ0n) is 9.00. The van der Waals surface area contributed by atoms with E-state index >= 15 is 0 Å². The molecule has 0 bridgehead atoms. The van der Waals surface area contributed by atoms with Gasteiger partial charge >= 0.3 is 0 Å². The number of amides is 1. The van der Waals surface area contributed by atoms with Crippen LogP contribution >= 0.6 is 0 Å². The fourth-order valence-electron chi connectivity index (χ4n) is 0.850. The van der Waals surface area contributed by atoms with Gasteiger partial charge < -0.3 is 10.5 Å². The van der Waals surface area contributed by atoms with Crippen molar-refractivity contribution in [2.24, 2.45) is 5.73 Å². The molecule has 0 aliphatic carbocycles. The first kappa shape index (κ1) is 13.6. The molecule has 0 spiro atoms. The summed E-state index contributed by atoms with van der Waals surface area (Å²) in [6, 6.07) is 5.86. The van der Waals surface area contributed by atoms with E-state index in [9.17, 15) is 9.18 Å². The van der Waals surface area contributed by atoms with Crippen molar-refractivity contribution in [2.75, 3.05) is 6.61 Å². The van der Waals surface area contributed by atoms with Crippen molar-refractivity contribution < 1.29 is 13.9 Å². The molecule has 4 heteroatoms. The molecule has 2 N–H and O–H groups in total. The maximum Gasteiger partial charge on any atom is 0.243 e. The fourth-order valence-corrected chi connectivity index (χ4v) is 0.850. The summed E-state index contributed by atoms with van der Waals surface area (Å²) in [5.41, 5.74) is 5.66. The van der Waals surface area contributed by atoms with Crippen LogP contribution in [0.3, 0.4) is 0 Å². The molecule has 0 atom stereocenters. The molecule has 3 nitrogen and oxygen atoms in total. The van der Waals surface area contributed by atoms with E-state index in [2.05, 4.69) is 0 Å². The summed E-state index contributed by atoms with van der Waals surface area (Å²) in [4.78, 5) is 10.3. The third-order valence-electron chi connectivity index (χ3n) is 1.43. The van der Waals surface area contributed by atoms with Gasteiger partial charge in [0, 0.05) is 0 Å². The lowest BCUT2D eigenvalue weighted by atomic mass is 10.2. The number of halogens is 1. The van der Waals surface area contributed by atoms with Gasteiger partial charge in [-0.3, -0.25) is 4.79 Å². The van der Waals surface area contributed by atoms with Crippen LogP contribution < -0.4 is 5.73 Å². The number of carbonyl (C=O) groups excluding carboxylic acids is 1.